The first-order valence-electron chi connectivity index (χ1n) is 5.92. The standard InChI is InChI=1S/C16H15I/c1-10-4-6-14-12(8-10)13-9-11(17)5-7-15(13)16(14,2)3/h4-9H,1-3H3. The molecule has 0 atom stereocenters. The molecule has 0 aromatic heterocycles. The second-order valence-electron chi connectivity index (χ2n) is 5.36. The van der Waals surface area contributed by atoms with Crippen LogP contribution in [0.1, 0.15) is 30.5 Å². The maximum absolute atomic E-state index is 2.39. The second-order valence-corrected chi connectivity index (χ2v) is 6.61. The quantitative estimate of drug-likeness (QED) is 0.601. The van der Waals surface area contributed by atoms with Gasteiger partial charge in [-0.15, -0.1) is 0 Å². The molecule has 0 unspecified atom stereocenters. The normalized spacial score (nSPS) is 15.5. The Morgan fingerprint density at radius 1 is 0.882 bits per heavy atom. The lowest BCUT2D eigenvalue weighted by Gasteiger charge is -2.21. The number of halogens is 1. The van der Waals surface area contributed by atoms with Crippen LogP contribution < -0.4 is 0 Å². The van der Waals surface area contributed by atoms with E-state index >= 15 is 0 Å². The molecule has 0 nitrogen and oxygen atoms in total. The van der Waals surface area contributed by atoms with Crippen molar-refractivity contribution < 1.29 is 0 Å². The van der Waals surface area contributed by atoms with Crippen molar-refractivity contribution in [2.75, 3.05) is 0 Å². The Kier molecular flexibility index (Phi) is 2.37. The van der Waals surface area contributed by atoms with Crippen LogP contribution in [0, 0.1) is 10.5 Å². The molecule has 0 spiro atoms. The summed E-state index contributed by atoms with van der Waals surface area (Å²) in [6.07, 6.45) is 0. The average Bonchev–Trinajstić information content (AvgIpc) is 2.47. The minimum absolute atomic E-state index is 0.142. The van der Waals surface area contributed by atoms with E-state index in [9.17, 15) is 0 Å². The highest BCUT2D eigenvalue weighted by Crippen LogP contribution is 2.48. The monoisotopic (exact) mass is 334 g/mol. The van der Waals surface area contributed by atoms with Gasteiger partial charge in [0.2, 0.25) is 0 Å². The Balaban J connectivity index is 2.39. The summed E-state index contributed by atoms with van der Waals surface area (Å²) >= 11 is 2.39. The lowest BCUT2D eigenvalue weighted by Crippen LogP contribution is -2.14. The first kappa shape index (κ1) is 11.3. The lowest BCUT2D eigenvalue weighted by atomic mass is 9.82. The van der Waals surface area contributed by atoms with Gasteiger partial charge in [-0.25, -0.2) is 0 Å². The molecule has 1 aliphatic rings. The van der Waals surface area contributed by atoms with E-state index < -0.39 is 0 Å². The maximum Gasteiger partial charge on any atom is 0.0158 e. The smallest absolute Gasteiger partial charge is 0.0158 e. The van der Waals surface area contributed by atoms with E-state index in [4.69, 9.17) is 0 Å². The number of benzene rings is 2. The molecular weight excluding hydrogens is 319 g/mol. The van der Waals surface area contributed by atoms with Crippen LogP contribution in [0.5, 0.6) is 0 Å². The first-order valence-corrected chi connectivity index (χ1v) is 6.99. The molecule has 0 radical (unpaired) electrons. The van der Waals surface area contributed by atoms with Crippen molar-refractivity contribution in [2.45, 2.75) is 26.2 Å². The Hall–Kier alpha value is -0.830. The molecule has 0 saturated heterocycles. The molecule has 0 N–H and O–H groups in total. The van der Waals surface area contributed by atoms with Crippen LogP contribution in [-0.4, -0.2) is 0 Å². The Morgan fingerprint density at radius 2 is 1.47 bits per heavy atom. The van der Waals surface area contributed by atoms with Crippen molar-refractivity contribution >= 4 is 22.6 Å². The van der Waals surface area contributed by atoms with Crippen molar-refractivity contribution in [3.8, 4) is 11.1 Å². The molecule has 86 valence electrons. The van der Waals surface area contributed by atoms with Gasteiger partial charge in [0.15, 0.2) is 0 Å². The summed E-state index contributed by atoms with van der Waals surface area (Å²) < 4.78 is 1.31. The third-order valence-corrected chi connectivity index (χ3v) is 4.46. The van der Waals surface area contributed by atoms with Crippen LogP contribution in [0.3, 0.4) is 0 Å². The van der Waals surface area contributed by atoms with E-state index in [1.807, 2.05) is 0 Å². The summed E-state index contributed by atoms with van der Waals surface area (Å²) in [6, 6.07) is 13.6. The summed E-state index contributed by atoms with van der Waals surface area (Å²) in [5.41, 5.74) is 7.23. The Labute approximate surface area is 116 Å². The van der Waals surface area contributed by atoms with Crippen LogP contribution in [0.2, 0.25) is 0 Å². The second kappa shape index (κ2) is 3.58. The minimum Gasteiger partial charge on any atom is -0.0590 e. The van der Waals surface area contributed by atoms with Gasteiger partial charge in [-0.05, 0) is 63.9 Å². The SMILES string of the molecule is Cc1ccc2c(c1)-c1cc(I)ccc1C2(C)C. The number of fused-ring (bicyclic) bond motifs is 3. The molecule has 0 aliphatic heterocycles. The van der Waals surface area contributed by atoms with Crippen LogP contribution >= 0.6 is 22.6 Å². The highest BCUT2D eigenvalue weighted by atomic mass is 127. The fourth-order valence-corrected chi connectivity index (χ4v) is 3.35. The van der Waals surface area contributed by atoms with E-state index in [2.05, 4.69) is 79.8 Å². The first-order chi connectivity index (χ1) is 8.00. The summed E-state index contributed by atoms with van der Waals surface area (Å²) in [7, 11) is 0. The fraction of sp³-hybridized carbons (Fsp3) is 0.250. The summed E-state index contributed by atoms with van der Waals surface area (Å²) in [5, 5.41) is 0. The van der Waals surface area contributed by atoms with Crippen molar-refractivity contribution in [3.63, 3.8) is 0 Å². The van der Waals surface area contributed by atoms with Crippen molar-refractivity contribution in [1.29, 1.82) is 0 Å². The van der Waals surface area contributed by atoms with Crippen LogP contribution in [-0.2, 0) is 5.41 Å². The highest BCUT2D eigenvalue weighted by Gasteiger charge is 2.35. The van der Waals surface area contributed by atoms with E-state index in [0.29, 0.717) is 0 Å². The van der Waals surface area contributed by atoms with E-state index in [1.165, 1.54) is 31.4 Å². The van der Waals surface area contributed by atoms with Gasteiger partial charge in [-0.3, -0.25) is 0 Å². The van der Waals surface area contributed by atoms with Crippen LogP contribution in [0.4, 0.5) is 0 Å². The summed E-state index contributed by atoms with van der Waals surface area (Å²) in [4.78, 5) is 0. The topological polar surface area (TPSA) is 0 Å². The molecule has 17 heavy (non-hydrogen) atoms. The number of rotatable bonds is 0. The predicted molar refractivity (Wildman–Crippen MR) is 81.5 cm³/mol. The van der Waals surface area contributed by atoms with Crippen molar-refractivity contribution in [2.24, 2.45) is 0 Å². The zero-order valence-electron chi connectivity index (χ0n) is 10.3. The molecule has 2 aromatic rings. The van der Waals surface area contributed by atoms with Gasteiger partial charge in [-0.1, -0.05) is 43.7 Å². The fourth-order valence-electron chi connectivity index (χ4n) is 2.86. The number of hydrogen-bond acceptors (Lipinski definition) is 0. The molecule has 1 heteroatoms. The minimum atomic E-state index is 0.142. The summed E-state index contributed by atoms with van der Waals surface area (Å²) in [5.74, 6) is 0. The van der Waals surface area contributed by atoms with Gasteiger partial charge in [0.05, 0.1) is 0 Å². The number of hydrogen-bond donors (Lipinski definition) is 0. The van der Waals surface area contributed by atoms with Crippen molar-refractivity contribution in [1.82, 2.24) is 0 Å². The average molecular weight is 334 g/mol. The molecule has 0 heterocycles. The molecule has 0 bridgehead atoms. The van der Waals surface area contributed by atoms with E-state index in [-0.39, 0.29) is 5.41 Å². The van der Waals surface area contributed by atoms with E-state index in [0.717, 1.165) is 0 Å². The Bertz CT molecular complexity index is 555. The molecular formula is C16H15I. The van der Waals surface area contributed by atoms with Gasteiger partial charge in [0.1, 0.15) is 0 Å². The highest BCUT2D eigenvalue weighted by molar-refractivity contribution is 14.1. The largest absolute Gasteiger partial charge is 0.0590 e. The van der Waals surface area contributed by atoms with Gasteiger partial charge in [-0.2, -0.15) is 0 Å². The van der Waals surface area contributed by atoms with Gasteiger partial charge < -0.3 is 0 Å². The molecule has 2 aromatic carbocycles. The third kappa shape index (κ3) is 1.55. The zero-order valence-corrected chi connectivity index (χ0v) is 12.5. The summed E-state index contributed by atoms with van der Waals surface area (Å²) in [6.45, 7) is 6.80. The van der Waals surface area contributed by atoms with Gasteiger partial charge in [0, 0.05) is 8.99 Å². The maximum atomic E-state index is 2.39. The van der Waals surface area contributed by atoms with Crippen molar-refractivity contribution in [3.05, 3.63) is 56.7 Å². The predicted octanol–water partition coefficient (Wildman–Crippen LogP) is 4.91. The third-order valence-electron chi connectivity index (χ3n) is 3.79. The molecule has 0 saturated carbocycles. The molecule has 0 fully saturated rings. The zero-order chi connectivity index (χ0) is 12.2. The molecule has 1 aliphatic carbocycles. The van der Waals surface area contributed by atoms with Gasteiger partial charge >= 0.3 is 0 Å². The van der Waals surface area contributed by atoms with Crippen LogP contribution in [0.15, 0.2) is 36.4 Å². The Morgan fingerprint density at radius 3 is 2.18 bits per heavy atom. The van der Waals surface area contributed by atoms with E-state index in [1.54, 1.807) is 0 Å². The van der Waals surface area contributed by atoms with Crippen LogP contribution in [0.25, 0.3) is 11.1 Å². The molecule has 0 amide bonds. The van der Waals surface area contributed by atoms with Gasteiger partial charge in [0.25, 0.3) is 0 Å². The lowest BCUT2D eigenvalue weighted by molar-refractivity contribution is 0.660. The number of aryl methyl sites for hydroxylation is 1. The molecule has 3 rings (SSSR count).